The van der Waals surface area contributed by atoms with Crippen LogP contribution in [0, 0.1) is 13.8 Å². The van der Waals surface area contributed by atoms with Crippen LogP contribution in [-0.2, 0) is 23.1 Å². The second-order valence-corrected chi connectivity index (χ2v) is 11.0. The average Bonchev–Trinajstić information content (AvgIpc) is 3.64. The van der Waals surface area contributed by atoms with Gasteiger partial charge in [0.25, 0.3) is 0 Å². The van der Waals surface area contributed by atoms with Crippen LogP contribution in [0.4, 0.5) is 0 Å². The Morgan fingerprint density at radius 2 is 1.79 bits per heavy atom. The molecule has 214 valence electrons. The molecule has 10 nitrogen and oxygen atoms in total. The molecule has 0 spiro atoms. The highest BCUT2D eigenvalue weighted by atomic mass is 16.5. The molecule has 1 amide bonds. The fraction of sp³-hybridized carbons (Fsp3) is 0.281. The zero-order chi connectivity index (χ0) is 29.5. The third-order valence-corrected chi connectivity index (χ3v) is 7.54. The molecular formula is C32H34N8O2. The van der Waals surface area contributed by atoms with Gasteiger partial charge in [-0.05, 0) is 37.5 Å². The number of primary amides is 1. The van der Waals surface area contributed by atoms with Crippen molar-refractivity contribution in [2.45, 2.75) is 46.3 Å². The van der Waals surface area contributed by atoms with Gasteiger partial charge in [-0.3, -0.25) is 14.2 Å². The molecule has 0 unspecified atom stereocenters. The van der Waals surface area contributed by atoms with Gasteiger partial charge in [0, 0.05) is 47.0 Å². The van der Waals surface area contributed by atoms with E-state index < -0.39 is 5.91 Å². The first-order valence-electron chi connectivity index (χ1n) is 14.0. The number of carbonyl (C=O) groups excluding carboxylic acids is 1. The number of hydrogen-bond acceptors (Lipinski definition) is 6. The fourth-order valence-electron chi connectivity index (χ4n) is 5.67. The minimum absolute atomic E-state index is 0.167. The van der Waals surface area contributed by atoms with Gasteiger partial charge < -0.3 is 10.5 Å². The molecular weight excluding hydrogens is 528 g/mol. The van der Waals surface area contributed by atoms with E-state index in [1.165, 1.54) is 5.56 Å². The van der Waals surface area contributed by atoms with Gasteiger partial charge in [0.15, 0.2) is 5.65 Å². The topological polar surface area (TPSA) is 119 Å². The van der Waals surface area contributed by atoms with E-state index in [0.717, 1.165) is 55.8 Å². The van der Waals surface area contributed by atoms with E-state index in [4.69, 9.17) is 25.7 Å². The van der Waals surface area contributed by atoms with E-state index in [-0.39, 0.29) is 18.6 Å². The summed E-state index contributed by atoms with van der Waals surface area (Å²) < 4.78 is 11.6. The van der Waals surface area contributed by atoms with Crippen molar-refractivity contribution in [2.75, 3.05) is 6.61 Å². The van der Waals surface area contributed by atoms with Gasteiger partial charge in [0.2, 0.25) is 5.91 Å². The van der Waals surface area contributed by atoms with Crippen LogP contribution < -0.4 is 5.73 Å². The molecule has 1 atom stereocenters. The summed E-state index contributed by atoms with van der Waals surface area (Å²) in [5.41, 5.74) is 13.9. The molecule has 4 heterocycles. The summed E-state index contributed by atoms with van der Waals surface area (Å²) in [5, 5.41) is 16.5. The lowest BCUT2D eigenvalue weighted by molar-refractivity contribution is -0.125. The number of nitrogens with zero attached hydrogens (tertiary/aromatic N) is 7. The quantitative estimate of drug-likeness (QED) is 0.260. The number of aryl methyl sites for hydroxylation is 2. The van der Waals surface area contributed by atoms with Crippen LogP contribution in [0.3, 0.4) is 0 Å². The Balaban J connectivity index is 1.44. The summed E-state index contributed by atoms with van der Waals surface area (Å²) in [6, 6.07) is 18.0. The first-order valence-corrected chi connectivity index (χ1v) is 14.0. The van der Waals surface area contributed by atoms with E-state index in [1.54, 1.807) is 4.68 Å². The normalized spacial score (nSPS) is 12.5. The van der Waals surface area contributed by atoms with E-state index in [1.807, 2.05) is 78.2 Å². The van der Waals surface area contributed by atoms with Gasteiger partial charge in [0.05, 0.1) is 29.1 Å². The number of amides is 1. The molecule has 0 saturated carbocycles. The number of ether oxygens (including phenoxy) is 1. The molecule has 6 rings (SSSR count). The number of fused-ring (bicyclic) bond motifs is 2. The highest BCUT2D eigenvalue weighted by Crippen LogP contribution is 2.37. The van der Waals surface area contributed by atoms with Crippen LogP contribution in [0.25, 0.3) is 38.9 Å². The van der Waals surface area contributed by atoms with Crippen LogP contribution in [0.5, 0.6) is 0 Å². The zero-order valence-electron chi connectivity index (χ0n) is 24.4. The fourth-order valence-corrected chi connectivity index (χ4v) is 5.67. The van der Waals surface area contributed by atoms with Crippen molar-refractivity contribution in [3.05, 3.63) is 89.5 Å². The third kappa shape index (κ3) is 5.05. The maximum Gasteiger partial charge on any atom is 0.243 e. The second kappa shape index (κ2) is 10.9. The Hall–Kier alpha value is -4.83. The Bertz CT molecular complexity index is 1920. The van der Waals surface area contributed by atoms with Crippen molar-refractivity contribution in [3.8, 4) is 16.9 Å². The second-order valence-electron chi connectivity index (χ2n) is 11.0. The van der Waals surface area contributed by atoms with Crippen LogP contribution in [0.2, 0.25) is 0 Å². The maximum absolute atomic E-state index is 11.5. The van der Waals surface area contributed by atoms with Gasteiger partial charge >= 0.3 is 0 Å². The van der Waals surface area contributed by atoms with E-state index >= 15 is 0 Å². The lowest BCUT2D eigenvalue weighted by atomic mass is 9.95. The number of benzene rings is 2. The number of nitrogens with two attached hydrogens (primary N) is 1. The maximum atomic E-state index is 11.5. The molecule has 0 aliphatic carbocycles. The number of carbonyl (C=O) groups is 1. The summed E-state index contributed by atoms with van der Waals surface area (Å²) in [4.78, 5) is 16.2. The standard InChI is InChI=1S/C32H34N8O2/c1-19(2)30-21(4)40(27-14-23-15-38(5)37-32(23)34-20(27)3)36-31(30)24-12-9-13-26-25(24)16-39(35-26)17-28(42-18-29(33)41)22-10-7-6-8-11-22/h6-16,19,28H,17-18H2,1-5H3,(H2,33,41)/t28-/m0/s1. The lowest BCUT2D eigenvalue weighted by Crippen LogP contribution is -2.22. The van der Waals surface area contributed by atoms with Crippen molar-refractivity contribution in [3.63, 3.8) is 0 Å². The van der Waals surface area contributed by atoms with Gasteiger partial charge in [-0.25, -0.2) is 9.67 Å². The monoisotopic (exact) mass is 562 g/mol. The predicted molar refractivity (Wildman–Crippen MR) is 162 cm³/mol. The molecule has 0 radical (unpaired) electrons. The predicted octanol–water partition coefficient (Wildman–Crippen LogP) is 5.15. The summed E-state index contributed by atoms with van der Waals surface area (Å²) in [5.74, 6) is -0.275. The minimum Gasteiger partial charge on any atom is -0.368 e. The highest BCUT2D eigenvalue weighted by Gasteiger charge is 2.24. The molecule has 2 N–H and O–H groups in total. The van der Waals surface area contributed by atoms with Gasteiger partial charge in [-0.15, -0.1) is 0 Å². The molecule has 2 aromatic carbocycles. The molecule has 0 aliphatic rings. The summed E-state index contributed by atoms with van der Waals surface area (Å²) >= 11 is 0. The molecule has 42 heavy (non-hydrogen) atoms. The van der Waals surface area contributed by atoms with Crippen molar-refractivity contribution >= 4 is 27.8 Å². The van der Waals surface area contributed by atoms with Gasteiger partial charge in [-0.1, -0.05) is 56.3 Å². The Morgan fingerprint density at radius 1 is 1.00 bits per heavy atom. The summed E-state index contributed by atoms with van der Waals surface area (Å²) in [6.07, 6.45) is 3.61. The molecule has 6 aromatic rings. The third-order valence-electron chi connectivity index (χ3n) is 7.54. The SMILES string of the molecule is Cc1nc2nn(C)cc2cc1-n1nc(-c2cccc3nn(C[C@H](OCC(N)=O)c4ccccc4)cc23)c(C(C)C)c1C. The first-order chi connectivity index (χ1) is 20.2. The minimum atomic E-state index is -0.510. The molecule has 4 aromatic heterocycles. The van der Waals surface area contributed by atoms with E-state index in [2.05, 4.69) is 38.0 Å². The van der Waals surface area contributed by atoms with E-state index in [9.17, 15) is 4.79 Å². The van der Waals surface area contributed by atoms with E-state index in [0.29, 0.717) is 6.54 Å². The Labute approximate surface area is 243 Å². The first kappa shape index (κ1) is 27.3. The van der Waals surface area contributed by atoms with Gasteiger partial charge in [0.1, 0.15) is 12.7 Å². The zero-order valence-corrected chi connectivity index (χ0v) is 24.4. The van der Waals surface area contributed by atoms with Crippen LogP contribution in [0.15, 0.2) is 67.0 Å². The van der Waals surface area contributed by atoms with Crippen molar-refractivity contribution < 1.29 is 9.53 Å². The number of hydrogen-bond donors (Lipinski definition) is 1. The van der Waals surface area contributed by atoms with Crippen LogP contribution >= 0.6 is 0 Å². The number of pyridine rings is 1. The Kier molecular flexibility index (Phi) is 7.07. The molecule has 10 heteroatoms. The molecule has 0 saturated heterocycles. The van der Waals surface area contributed by atoms with Gasteiger partial charge in [-0.2, -0.15) is 15.3 Å². The smallest absolute Gasteiger partial charge is 0.243 e. The Morgan fingerprint density at radius 3 is 2.52 bits per heavy atom. The lowest BCUT2D eigenvalue weighted by Gasteiger charge is -2.17. The van der Waals surface area contributed by atoms with Crippen LogP contribution in [-0.4, -0.2) is 46.8 Å². The van der Waals surface area contributed by atoms with Crippen LogP contribution in [0.1, 0.15) is 48.4 Å². The summed E-state index contributed by atoms with van der Waals surface area (Å²) in [7, 11) is 1.90. The van der Waals surface area contributed by atoms with Crippen molar-refractivity contribution in [1.29, 1.82) is 0 Å². The number of rotatable bonds is 9. The van der Waals surface area contributed by atoms with Crippen molar-refractivity contribution in [1.82, 2.24) is 34.3 Å². The number of aromatic nitrogens is 7. The summed E-state index contributed by atoms with van der Waals surface area (Å²) in [6.45, 7) is 8.75. The molecule has 0 bridgehead atoms. The van der Waals surface area contributed by atoms with Crippen molar-refractivity contribution in [2.24, 2.45) is 12.8 Å². The molecule has 0 aliphatic heterocycles. The average molecular weight is 563 g/mol. The molecule has 0 fully saturated rings. The highest BCUT2D eigenvalue weighted by molar-refractivity contribution is 5.94. The largest absolute Gasteiger partial charge is 0.368 e.